The van der Waals surface area contributed by atoms with E-state index in [9.17, 15) is 0 Å². The Bertz CT molecular complexity index is 204. The van der Waals surface area contributed by atoms with E-state index in [-0.39, 0.29) is 29.1 Å². The molecule has 3 heteroatoms. The Morgan fingerprint density at radius 2 is 1.42 bits per heavy atom. The maximum atomic E-state index is 2.83. The molecule has 0 saturated heterocycles. The molecule has 0 nitrogen and oxygen atoms in total. The van der Waals surface area contributed by atoms with Crippen molar-refractivity contribution in [2.75, 3.05) is 0 Å². The monoisotopic (exact) mass is 216 g/mol. The van der Waals surface area contributed by atoms with Gasteiger partial charge in [-0.3, -0.25) is 0 Å². The molecule has 1 aromatic rings. The van der Waals surface area contributed by atoms with Crippen LogP contribution in [0.15, 0.2) is 30.3 Å². The molecule has 0 aliphatic heterocycles. The summed E-state index contributed by atoms with van der Waals surface area (Å²) < 4.78 is 0.210. The van der Waals surface area contributed by atoms with Crippen LogP contribution < -0.4 is 24.8 Å². The van der Waals surface area contributed by atoms with Crippen molar-refractivity contribution in [3.63, 3.8) is 0 Å². The molecule has 0 unspecified atom stereocenters. The Kier molecular flexibility index (Phi) is 7.28. The van der Waals surface area contributed by atoms with Crippen molar-refractivity contribution in [2.45, 2.75) is 18.1 Å². The summed E-state index contributed by atoms with van der Waals surface area (Å²) in [7, 11) is 0. The molecule has 0 radical (unpaired) electrons. The smallest absolute Gasteiger partial charge is 1.00 e. The normalized spacial score (nSPS) is 9.67. The SMILES string of the molecule is C[C](C)([Al+2])c1ccccc1.[Cl-].[Cl-]. The molecule has 64 valence electrons. The summed E-state index contributed by atoms with van der Waals surface area (Å²) in [6.07, 6.45) is 0. The van der Waals surface area contributed by atoms with Crippen LogP contribution in [0.3, 0.4) is 0 Å². The number of rotatable bonds is 1. The van der Waals surface area contributed by atoms with Crippen LogP contribution in [0.25, 0.3) is 0 Å². The van der Waals surface area contributed by atoms with E-state index in [1.165, 1.54) is 5.56 Å². The summed E-state index contributed by atoms with van der Waals surface area (Å²) in [6, 6.07) is 10.5. The van der Waals surface area contributed by atoms with Crippen LogP contribution in [0.2, 0.25) is 0 Å². The minimum atomic E-state index is 0. The van der Waals surface area contributed by atoms with E-state index in [1.807, 2.05) is 6.07 Å². The first kappa shape index (κ1) is 14.8. The Hall–Kier alpha value is 0.332. The Morgan fingerprint density at radius 3 is 1.67 bits per heavy atom. The van der Waals surface area contributed by atoms with Crippen LogP contribution >= 0.6 is 0 Å². The van der Waals surface area contributed by atoms with Crippen LogP contribution in [0.1, 0.15) is 19.4 Å². The molecular formula is C9H11AlCl2. The Balaban J connectivity index is 0. The van der Waals surface area contributed by atoms with Gasteiger partial charge in [-0.15, -0.1) is 0 Å². The predicted octanol–water partition coefficient (Wildman–Crippen LogP) is -3.90. The molecule has 0 aliphatic rings. The first-order valence-electron chi connectivity index (χ1n) is 3.45. The molecule has 1 rings (SSSR count). The van der Waals surface area contributed by atoms with E-state index in [0.717, 1.165) is 0 Å². The summed E-state index contributed by atoms with van der Waals surface area (Å²) in [5.41, 5.74) is 1.36. The molecule has 12 heavy (non-hydrogen) atoms. The fourth-order valence-corrected chi connectivity index (χ4v) is 1.06. The number of hydrogen-bond donors (Lipinski definition) is 0. The van der Waals surface area contributed by atoms with Crippen molar-refractivity contribution in [1.82, 2.24) is 0 Å². The Morgan fingerprint density at radius 1 is 1.00 bits per heavy atom. The van der Waals surface area contributed by atoms with Gasteiger partial charge in [-0.1, -0.05) is 0 Å². The fourth-order valence-electron chi connectivity index (χ4n) is 0.868. The predicted molar refractivity (Wildman–Crippen MR) is 45.2 cm³/mol. The van der Waals surface area contributed by atoms with Crippen molar-refractivity contribution in [3.05, 3.63) is 35.9 Å². The average molecular weight is 217 g/mol. The summed E-state index contributed by atoms with van der Waals surface area (Å²) in [4.78, 5) is 0. The van der Waals surface area contributed by atoms with E-state index in [2.05, 4.69) is 54.4 Å². The van der Waals surface area contributed by atoms with E-state index in [0.29, 0.717) is 0 Å². The summed E-state index contributed by atoms with van der Waals surface area (Å²) in [6.45, 7) is 4.38. The van der Waals surface area contributed by atoms with Gasteiger partial charge in [-0.25, -0.2) is 0 Å². The van der Waals surface area contributed by atoms with E-state index < -0.39 is 0 Å². The molecule has 0 spiro atoms. The van der Waals surface area contributed by atoms with Gasteiger partial charge in [0, 0.05) is 0 Å². The van der Waals surface area contributed by atoms with Crippen LogP contribution in [0.4, 0.5) is 0 Å². The number of hydrogen-bond acceptors (Lipinski definition) is 0. The summed E-state index contributed by atoms with van der Waals surface area (Å²) in [5, 5.41) is 0. The third kappa shape index (κ3) is 4.38. The first-order valence-corrected chi connectivity index (χ1v) is 4.03. The zero-order valence-corrected chi connectivity index (χ0v) is 9.89. The second-order valence-corrected chi connectivity index (χ2v) is 4.53. The third-order valence-corrected chi connectivity index (χ3v) is 1.85. The van der Waals surface area contributed by atoms with Crippen LogP contribution in [0.5, 0.6) is 0 Å². The molecule has 0 heterocycles. The van der Waals surface area contributed by atoms with Gasteiger partial charge >= 0.3 is 70.3 Å². The quantitative estimate of drug-likeness (QED) is 0.422. The van der Waals surface area contributed by atoms with E-state index in [4.69, 9.17) is 0 Å². The topological polar surface area (TPSA) is 0 Å². The first-order chi connectivity index (χ1) is 4.61. The second-order valence-electron chi connectivity index (χ2n) is 3.09. The van der Waals surface area contributed by atoms with Gasteiger partial charge < -0.3 is 24.8 Å². The molecule has 0 bridgehead atoms. The van der Waals surface area contributed by atoms with Gasteiger partial charge in [0.25, 0.3) is 0 Å². The van der Waals surface area contributed by atoms with E-state index >= 15 is 0 Å². The maximum absolute atomic E-state index is 2.83. The molecular weight excluding hydrogens is 206 g/mol. The molecule has 0 N–H and O–H groups in total. The van der Waals surface area contributed by atoms with Crippen molar-refractivity contribution in [1.29, 1.82) is 0 Å². The molecule has 1 aromatic carbocycles. The van der Waals surface area contributed by atoms with Crippen molar-refractivity contribution < 1.29 is 24.8 Å². The van der Waals surface area contributed by atoms with Gasteiger partial charge in [0.1, 0.15) is 0 Å². The molecule has 0 fully saturated rings. The second kappa shape index (κ2) is 5.89. The summed E-state index contributed by atoms with van der Waals surface area (Å²) >= 11 is 2.83. The zero-order valence-electron chi connectivity index (χ0n) is 7.22. The standard InChI is InChI=1S/C9H11.Al.2ClH/c1-8(2)9-6-4-3-5-7-9;;;/h3-7H,1-2H3;;2*1H/q;+2;;/p-2. The Labute approximate surface area is 95.0 Å². The molecule has 0 aromatic heterocycles. The molecule has 0 amide bonds. The van der Waals surface area contributed by atoms with Gasteiger partial charge in [-0.05, 0) is 0 Å². The maximum Gasteiger partial charge on any atom is -1.00 e. The van der Waals surface area contributed by atoms with E-state index in [1.54, 1.807) is 0 Å². The van der Waals surface area contributed by atoms with Crippen LogP contribution in [-0.4, -0.2) is 16.3 Å². The largest absolute Gasteiger partial charge is 1.00 e. The zero-order chi connectivity index (χ0) is 7.61. The molecule has 0 atom stereocenters. The van der Waals surface area contributed by atoms with Gasteiger partial charge in [0.15, 0.2) is 0 Å². The van der Waals surface area contributed by atoms with Crippen molar-refractivity contribution >= 4 is 16.3 Å². The van der Waals surface area contributed by atoms with Gasteiger partial charge in [0.2, 0.25) is 0 Å². The third-order valence-electron chi connectivity index (χ3n) is 1.52. The minimum Gasteiger partial charge on any atom is -1.00 e. The van der Waals surface area contributed by atoms with Gasteiger partial charge in [-0.2, -0.15) is 0 Å². The fraction of sp³-hybridized carbons (Fsp3) is 0.333. The van der Waals surface area contributed by atoms with Crippen LogP contribution in [-0.2, 0) is 4.28 Å². The molecule has 0 aliphatic carbocycles. The van der Waals surface area contributed by atoms with Crippen LogP contribution in [0, 0.1) is 0 Å². The minimum absolute atomic E-state index is 0. The summed E-state index contributed by atoms with van der Waals surface area (Å²) in [5.74, 6) is 0. The van der Waals surface area contributed by atoms with Gasteiger partial charge in [0.05, 0.1) is 0 Å². The average Bonchev–Trinajstić information content (AvgIpc) is 1.88. The van der Waals surface area contributed by atoms with Crippen molar-refractivity contribution in [2.24, 2.45) is 0 Å². The number of halogens is 2. The molecule has 0 saturated carbocycles. The number of benzene rings is 1. The van der Waals surface area contributed by atoms with Crippen molar-refractivity contribution in [3.8, 4) is 0 Å².